The van der Waals surface area contributed by atoms with E-state index in [1.807, 2.05) is 6.07 Å². The van der Waals surface area contributed by atoms with Gasteiger partial charge in [0.2, 0.25) is 0 Å². The molecule has 2 rings (SSSR count). The molecule has 1 aromatic carbocycles. The summed E-state index contributed by atoms with van der Waals surface area (Å²) in [6.45, 7) is 0. The maximum absolute atomic E-state index is 12.7. The minimum absolute atomic E-state index is 0.158. The smallest absolute Gasteiger partial charge is 0.185 e. The molecule has 0 atom stereocenters. The molecular weight excluding hydrogens is 217 g/mol. The van der Waals surface area contributed by atoms with E-state index in [1.165, 1.54) is 30.3 Å². The lowest BCUT2D eigenvalue weighted by Crippen LogP contribution is -1.93. The van der Waals surface area contributed by atoms with Crippen LogP contribution in [-0.4, -0.2) is 10.8 Å². The van der Waals surface area contributed by atoms with Gasteiger partial charge in [-0.25, -0.2) is 4.39 Å². The molecule has 2 aromatic rings. The number of rotatable bonds is 3. The molecular formula is C14H10FNO. The van der Waals surface area contributed by atoms with E-state index in [1.54, 1.807) is 24.5 Å². The first-order valence-corrected chi connectivity index (χ1v) is 5.14. The van der Waals surface area contributed by atoms with Crippen LogP contribution < -0.4 is 0 Å². The highest BCUT2D eigenvalue weighted by Crippen LogP contribution is 2.06. The normalized spacial score (nSPS) is 10.6. The molecule has 0 aliphatic heterocycles. The number of hydrogen-bond acceptors (Lipinski definition) is 2. The molecule has 1 aromatic heterocycles. The van der Waals surface area contributed by atoms with Crippen molar-refractivity contribution in [1.29, 1.82) is 0 Å². The van der Waals surface area contributed by atoms with Gasteiger partial charge < -0.3 is 0 Å². The Hall–Kier alpha value is -2.29. The summed E-state index contributed by atoms with van der Waals surface area (Å²) in [5.41, 5.74) is 1.31. The summed E-state index contributed by atoms with van der Waals surface area (Å²) in [5.74, 6) is -0.508. The van der Waals surface area contributed by atoms with Crippen LogP contribution in [0.15, 0.2) is 54.9 Å². The van der Waals surface area contributed by atoms with Gasteiger partial charge in [0, 0.05) is 18.0 Å². The first-order chi connectivity index (χ1) is 8.25. The van der Waals surface area contributed by atoms with Gasteiger partial charge in [0.25, 0.3) is 0 Å². The van der Waals surface area contributed by atoms with Crippen molar-refractivity contribution < 1.29 is 9.18 Å². The predicted octanol–water partition coefficient (Wildman–Crippen LogP) is 3.12. The largest absolute Gasteiger partial charge is 0.289 e. The average molecular weight is 227 g/mol. The third kappa shape index (κ3) is 3.08. The van der Waals surface area contributed by atoms with E-state index in [0.29, 0.717) is 5.56 Å². The lowest BCUT2D eigenvalue weighted by Gasteiger charge is -1.95. The van der Waals surface area contributed by atoms with Gasteiger partial charge in [-0.3, -0.25) is 9.78 Å². The molecule has 0 spiro atoms. The van der Waals surface area contributed by atoms with Gasteiger partial charge >= 0.3 is 0 Å². The van der Waals surface area contributed by atoms with Crippen LogP contribution in [0.1, 0.15) is 15.9 Å². The fourth-order valence-electron chi connectivity index (χ4n) is 1.36. The maximum Gasteiger partial charge on any atom is 0.185 e. The summed E-state index contributed by atoms with van der Waals surface area (Å²) in [7, 11) is 0. The number of hydrogen-bond donors (Lipinski definition) is 0. The van der Waals surface area contributed by atoms with Crippen molar-refractivity contribution in [2.24, 2.45) is 0 Å². The van der Waals surface area contributed by atoms with Crippen LogP contribution in [0.4, 0.5) is 4.39 Å². The Bertz CT molecular complexity index is 532. The summed E-state index contributed by atoms with van der Waals surface area (Å²) in [4.78, 5) is 15.6. The van der Waals surface area contributed by atoms with Gasteiger partial charge in [-0.2, -0.15) is 0 Å². The lowest BCUT2D eigenvalue weighted by atomic mass is 10.1. The Morgan fingerprint density at radius 2 is 1.94 bits per heavy atom. The average Bonchev–Trinajstić information content (AvgIpc) is 2.38. The summed E-state index contributed by atoms with van der Waals surface area (Å²) in [6, 6.07) is 9.11. The van der Waals surface area contributed by atoms with Gasteiger partial charge in [0.1, 0.15) is 5.82 Å². The van der Waals surface area contributed by atoms with E-state index in [4.69, 9.17) is 0 Å². The van der Waals surface area contributed by atoms with Crippen LogP contribution in [0.25, 0.3) is 6.08 Å². The third-order valence-electron chi connectivity index (χ3n) is 2.24. The van der Waals surface area contributed by atoms with E-state index in [0.717, 1.165) is 5.56 Å². The molecule has 0 saturated heterocycles. The van der Waals surface area contributed by atoms with Gasteiger partial charge in [0.05, 0.1) is 0 Å². The number of halogens is 1. The first-order valence-electron chi connectivity index (χ1n) is 5.14. The van der Waals surface area contributed by atoms with E-state index < -0.39 is 0 Å². The zero-order valence-electron chi connectivity index (χ0n) is 9.01. The molecule has 3 heteroatoms. The summed E-state index contributed by atoms with van der Waals surface area (Å²) in [6.07, 6.45) is 6.45. The Morgan fingerprint density at radius 1 is 1.18 bits per heavy atom. The number of carbonyl (C=O) groups excluding carboxylic acids is 1. The van der Waals surface area contributed by atoms with Gasteiger partial charge in [-0.1, -0.05) is 6.07 Å². The van der Waals surface area contributed by atoms with Crippen molar-refractivity contribution in [3.05, 3.63) is 71.8 Å². The predicted molar refractivity (Wildman–Crippen MR) is 64.0 cm³/mol. The molecule has 2 nitrogen and oxygen atoms in total. The SMILES string of the molecule is O=C(/C=C/c1cccnc1)c1ccc(F)cc1. The van der Waals surface area contributed by atoms with Crippen molar-refractivity contribution in [3.63, 3.8) is 0 Å². The molecule has 0 bridgehead atoms. The summed E-state index contributed by atoms with van der Waals surface area (Å²) >= 11 is 0. The summed E-state index contributed by atoms with van der Waals surface area (Å²) in [5, 5.41) is 0. The Kier molecular flexibility index (Phi) is 3.40. The zero-order valence-corrected chi connectivity index (χ0v) is 9.01. The molecule has 0 fully saturated rings. The molecule has 84 valence electrons. The fraction of sp³-hybridized carbons (Fsp3) is 0. The van der Waals surface area contributed by atoms with Gasteiger partial charge in [-0.05, 0) is 48.0 Å². The van der Waals surface area contributed by atoms with E-state index >= 15 is 0 Å². The zero-order chi connectivity index (χ0) is 12.1. The van der Waals surface area contributed by atoms with Crippen LogP contribution >= 0.6 is 0 Å². The number of nitrogens with zero attached hydrogens (tertiary/aromatic N) is 1. The molecule has 0 amide bonds. The second-order valence-corrected chi connectivity index (χ2v) is 3.49. The van der Waals surface area contributed by atoms with Crippen LogP contribution in [0, 0.1) is 5.82 Å². The van der Waals surface area contributed by atoms with Crippen LogP contribution in [0.5, 0.6) is 0 Å². The van der Waals surface area contributed by atoms with Crippen molar-refractivity contribution in [2.45, 2.75) is 0 Å². The van der Waals surface area contributed by atoms with E-state index in [9.17, 15) is 9.18 Å². The van der Waals surface area contributed by atoms with Crippen LogP contribution in [0.3, 0.4) is 0 Å². The maximum atomic E-state index is 12.7. The third-order valence-corrected chi connectivity index (χ3v) is 2.24. The minimum atomic E-state index is -0.349. The van der Waals surface area contributed by atoms with E-state index in [2.05, 4.69) is 4.98 Å². The molecule has 0 N–H and O–H groups in total. The van der Waals surface area contributed by atoms with Gasteiger partial charge in [-0.15, -0.1) is 0 Å². The molecule has 0 aliphatic rings. The highest BCUT2D eigenvalue weighted by atomic mass is 19.1. The minimum Gasteiger partial charge on any atom is -0.289 e. The van der Waals surface area contributed by atoms with Crippen molar-refractivity contribution in [2.75, 3.05) is 0 Å². The molecule has 17 heavy (non-hydrogen) atoms. The molecule has 1 heterocycles. The highest BCUT2D eigenvalue weighted by molar-refractivity contribution is 6.06. The van der Waals surface area contributed by atoms with E-state index in [-0.39, 0.29) is 11.6 Å². The number of ketones is 1. The quantitative estimate of drug-likeness (QED) is 0.595. The fourth-order valence-corrected chi connectivity index (χ4v) is 1.36. The Balaban J connectivity index is 2.12. The lowest BCUT2D eigenvalue weighted by molar-refractivity contribution is 0.104. The Morgan fingerprint density at radius 3 is 2.59 bits per heavy atom. The Labute approximate surface area is 98.4 Å². The molecule has 0 aliphatic carbocycles. The number of allylic oxidation sites excluding steroid dienone is 1. The molecule has 0 unspecified atom stereocenters. The second kappa shape index (κ2) is 5.16. The molecule has 0 radical (unpaired) electrons. The number of aromatic nitrogens is 1. The monoisotopic (exact) mass is 227 g/mol. The summed E-state index contributed by atoms with van der Waals surface area (Å²) < 4.78 is 12.7. The van der Waals surface area contributed by atoms with Crippen molar-refractivity contribution in [3.8, 4) is 0 Å². The van der Waals surface area contributed by atoms with Gasteiger partial charge in [0.15, 0.2) is 5.78 Å². The number of pyridine rings is 1. The number of benzene rings is 1. The van der Waals surface area contributed by atoms with Crippen LogP contribution in [-0.2, 0) is 0 Å². The molecule has 0 saturated carbocycles. The van der Waals surface area contributed by atoms with Crippen molar-refractivity contribution in [1.82, 2.24) is 4.98 Å². The van der Waals surface area contributed by atoms with Crippen LogP contribution in [0.2, 0.25) is 0 Å². The number of carbonyl (C=O) groups is 1. The topological polar surface area (TPSA) is 30.0 Å². The highest BCUT2D eigenvalue weighted by Gasteiger charge is 2.01. The first kappa shape index (κ1) is 11.2. The standard InChI is InChI=1S/C14H10FNO/c15-13-6-4-12(5-7-13)14(17)8-3-11-2-1-9-16-10-11/h1-10H/b8-3+. The second-order valence-electron chi connectivity index (χ2n) is 3.49. The van der Waals surface area contributed by atoms with Crippen molar-refractivity contribution >= 4 is 11.9 Å².